The third-order valence-electron chi connectivity index (χ3n) is 3.60. The Labute approximate surface area is 112 Å². The molecule has 0 aliphatic carbocycles. The molecule has 104 valence electrons. The van der Waals surface area contributed by atoms with Crippen molar-refractivity contribution < 1.29 is 0 Å². The van der Waals surface area contributed by atoms with E-state index in [4.69, 9.17) is 0 Å². The van der Waals surface area contributed by atoms with Crippen molar-refractivity contribution in [3.8, 4) is 0 Å². The summed E-state index contributed by atoms with van der Waals surface area (Å²) in [4.78, 5) is 0. The van der Waals surface area contributed by atoms with E-state index in [0.717, 1.165) is 19.5 Å². The van der Waals surface area contributed by atoms with Gasteiger partial charge in [-0.05, 0) is 45.2 Å². The van der Waals surface area contributed by atoms with Crippen molar-refractivity contribution >= 4 is 0 Å². The molecular formula is C15H29N3. The first-order chi connectivity index (χ1) is 8.63. The van der Waals surface area contributed by atoms with Gasteiger partial charge in [0, 0.05) is 11.7 Å². The molecule has 3 heteroatoms. The molecule has 1 unspecified atom stereocenters. The number of aryl methyl sites for hydroxylation is 1. The molecule has 1 atom stereocenters. The van der Waals surface area contributed by atoms with Crippen molar-refractivity contribution in [2.75, 3.05) is 6.54 Å². The van der Waals surface area contributed by atoms with E-state index < -0.39 is 0 Å². The lowest BCUT2D eigenvalue weighted by Gasteiger charge is -2.18. The van der Waals surface area contributed by atoms with E-state index in [1.807, 2.05) is 0 Å². The van der Waals surface area contributed by atoms with Crippen LogP contribution in [0.5, 0.6) is 0 Å². The predicted molar refractivity (Wildman–Crippen MR) is 78.1 cm³/mol. The average Bonchev–Trinajstić information content (AvgIpc) is 2.61. The number of nitrogens with one attached hydrogen (secondary N) is 1. The van der Waals surface area contributed by atoms with Crippen molar-refractivity contribution in [2.45, 2.75) is 72.9 Å². The van der Waals surface area contributed by atoms with E-state index >= 15 is 0 Å². The molecule has 0 fully saturated rings. The van der Waals surface area contributed by atoms with Crippen molar-refractivity contribution in [1.29, 1.82) is 0 Å². The van der Waals surface area contributed by atoms with Gasteiger partial charge in [-0.15, -0.1) is 0 Å². The Hall–Kier alpha value is -0.830. The molecule has 0 aliphatic heterocycles. The van der Waals surface area contributed by atoms with E-state index in [0.29, 0.717) is 6.04 Å². The molecule has 0 saturated carbocycles. The molecule has 0 amide bonds. The van der Waals surface area contributed by atoms with Crippen LogP contribution in [0, 0.1) is 13.8 Å². The molecule has 3 nitrogen and oxygen atoms in total. The topological polar surface area (TPSA) is 29.9 Å². The summed E-state index contributed by atoms with van der Waals surface area (Å²) in [5.41, 5.74) is 3.95. The largest absolute Gasteiger partial charge is 0.312 e. The van der Waals surface area contributed by atoms with Gasteiger partial charge >= 0.3 is 0 Å². The van der Waals surface area contributed by atoms with Crippen LogP contribution in [0.1, 0.15) is 57.0 Å². The molecule has 18 heavy (non-hydrogen) atoms. The summed E-state index contributed by atoms with van der Waals surface area (Å²) in [7, 11) is 0. The van der Waals surface area contributed by atoms with Gasteiger partial charge in [-0.2, -0.15) is 5.10 Å². The Morgan fingerprint density at radius 2 is 1.89 bits per heavy atom. The number of nitrogens with zero attached hydrogens (tertiary/aromatic N) is 2. The van der Waals surface area contributed by atoms with Crippen LogP contribution >= 0.6 is 0 Å². The summed E-state index contributed by atoms with van der Waals surface area (Å²) in [6, 6.07) is 0.553. The van der Waals surface area contributed by atoms with Crippen LogP contribution in [0.4, 0.5) is 0 Å². The summed E-state index contributed by atoms with van der Waals surface area (Å²) in [5, 5.41) is 8.32. The first kappa shape index (κ1) is 15.2. The summed E-state index contributed by atoms with van der Waals surface area (Å²) < 4.78 is 2.19. The first-order valence-corrected chi connectivity index (χ1v) is 7.40. The standard InChI is InChI=1S/C15H29N3/c1-6-9-14(16-10-7-2)11-18-13(5)15(8-3)12(4)17-18/h14,16H,6-11H2,1-5H3. The zero-order valence-corrected chi connectivity index (χ0v) is 12.7. The Balaban J connectivity index is 2.73. The van der Waals surface area contributed by atoms with E-state index in [9.17, 15) is 0 Å². The second-order valence-corrected chi connectivity index (χ2v) is 5.12. The van der Waals surface area contributed by atoms with Gasteiger partial charge in [0.15, 0.2) is 0 Å². The van der Waals surface area contributed by atoms with Crippen LogP contribution in [0.3, 0.4) is 0 Å². The second-order valence-electron chi connectivity index (χ2n) is 5.12. The van der Waals surface area contributed by atoms with Crippen molar-refractivity contribution in [3.05, 3.63) is 17.0 Å². The molecule has 1 aromatic heterocycles. The summed E-state index contributed by atoms with van der Waals surface area (Å²) in [6.45, 7) is 13.1. The van der Waals surface area contributed by atoms with Gasteiger partial charge in [0.2, 0.25) is 0 Å². The van der Waals surface area contributed by atoms with Gasteiger partial charge in [0.25, 0.3) is 0 Å². The van der Waals surface area contributed by atoms with Gasteiger partial charge in [-0.1, -0.05) is 27.2 Å². The van der Waals surface area contributed by atoms with Crippen LogP contribution in [-0.2, 0) is 13.0 Å². The minimum atomic E-state index is 0.553. The highest BCUT2D eigenvalue weighted by Crippen LogP contribution is 2.14. The number of aromatic nitrogens is 2. The van der Waals surface area contributed by atoms with E-state index in [1.165, 1.54) is 36.2 Å². The van der Waals surface area contributed by atoms with Gasteiger partial charge < -0.3 is 5.32 Å². The summed E-state index contributed by atoms with van der Waals surface area (Å²) in [5.74, 6) is 0. The lowest BCUT2D eigenvalue weighted by Crippen LogP contribution is -2.34. The number of hydrogen-bond acceptors (Lipinski definition) is 2. The molecule has 0 bridgehead atoms. The quantitative estimate of drug-likeness (QED) is 0.769. The highest BCUT2D eigenvalue weighted by molar-refractivity contribution is 5.24. The zero-order valence-electron chi connectivity index (χ0n) is 12.7. The maximum absolute atomic E-state index is 4.69. The number of rotatable bonds is 8. The molecule has 0 saturated heterocycles. The minimum absolute atomic E-state index is 0.553. The smallest absolute Gasteiger partial charge is 0.0628 e. The molecule has 0 radical (unpaired) electrons. The van der Waals surface area contributed by atoms with Gasteiger partial charge in [0.1, 0.15) is 0 Å². The fourth-order valence-corrected chi connectivity index (χ4v) is 2.59. The third kappa shape index (κ3) is 3.84. The van der Waals surface area contributed by atoms with E-state index in [1.54, 1.807) is 0 Å². The lowest BCUT2D eigenvalue weighted by atomic mass is 10.1. The second kappa shape index (κ2) is 7.57. The Bertz CT molecular complexity index is 355. The minimum Gasteiger partial charge on any atom is -0.312 e. The van der Waals surface area contributed by atoms with Gasteiger partial charge in [0.05, 0.1) is 12.2 Å². The third-order valence-corrected chi connectivity index (χ3v) is 3.60. The Morgan fingerprint density at radius 3 is 2.39 bits per heavy atom. The average molecular weight is 251 g/mol. The van der Waals surface area contributed by atoms with Crippen LogP contribution in [0.15, 0.2) is 0 Å². The van der Waals surface area contributed by atoms with Gasteiger partial charge in [-0.3, -0.25) is 4.68 Å². The van der Waals surface area contributed by atoms with E-state index in [2.05, 4.69) is 49.7 Å². The zero-order chi connectivity index (χ0) is 13.5. The molecule has 1 N–H and O–H groups in total. The highest BCUT2D eigenvalue weighted by atomic mass is 15.3. The van der Waals surface area contributed by atoms with Gasteiger partial charge in [-0.25, -0.2) is 0 Å². The van der Waals surface area contributed by atoms with Crippen LogP contribution in [0.2, 0.25) is 0 Å². The SMILES string of the molecule is CCCNC(CCC)Cn1nc(C)c(CC)c1C. The van der Waals surface area contributed by atoms with Crippen LogP contribution < -0.4 is 5.32 Å². The van der Waals surface area contributed by atoms with Crippen molar-refractivity contribution in [1.82, 2.24) is 15.1 Å². The summed E-state index contributed by atoms with van der Waals surface area (Å²) in [6.07, 6.45) is 4.72. The maximum atomic E-state index is 4.69. The molecule has 0 spiro atoms. The van der Waals surface area contributed by atoms with Crippen molar-refractivity contribution in [3.63, 3.8) is 0 Å². The fourth-order valence-electron chi connectivity index (χ4n) is 2.59. The molecule has 1 aromatic rings. The highest BCUT2D eigenvalue weighted by Gasteiger charge is 2.13. The molecule has 0 aromatic carbocycles. The fraction of sp³-hybridized carbons (Fsp3) is 0.800. The predicted octanol–water partition coefficient (Wildman–Crippen LogP) is 3.23. The first-order valence-electron chi connectivity index (χ1n) is 7.40. The van der Waals surface area contributed by atoms with Crippen molar-refractivity contribution in [2.24, 2.45) is 0 Å². The molecule has 0 aliphatic rings. The Kier molecular flexibility index (Phi) is 6.41. The van der Waals surface area contributed by atoms with Crippen LogP contribution in [0.25, 0.3) is 0 Å². The normalized spacial score (nSPS) is 12.9. The van der Waals surface area contributed by atoms with Crippen LogP contribution in [-0.4, -0.2) is 22.4 Å². The Morgan fingerprint density at radius 1 is 1.17 bits per heavy atom. The molecule has 1 rings (SSSR count). The monoisotopic (exact) mass is 251 g/mol. The molecular weight excluding hydrogens is 222 g/mol. The lowest BCUT2D eigenvalue weighted by molar-refractivity contribution is 0.397. The summed E-state index contributed by atoms with van der Waals surface area (Å²) >= 11 is 0. The van der Waals surface area contributed by atoms with E-state index in [-0.39, 0.29) is 0 Å². The number of hydrogen-bond donors (Lipinski definition) is 1. The molecule has 1 heterocycles. The maximum Gasteiger partial charge on any atom is 0.0628 e.